The fraction of sp³-hybridized carbons (Fsp3) is 0.526. The van der Waals surface area contributed by atoms with Crippen molar-refractivity contribution < 1.29 is 34.4 Å². The fourth-order valence-corrected chi connectivity index (χ4v) is 2.98. The number of carbonyl (C=O) groups excluding carboxylic acids is 1. The molecular formula is C19H27NO7. The summed E-state index contributed by atoms with van der Waals surface area (Å²) in [4.78, 5) is 33.5. The predicted octanol–water partition coefficient (Wildman–Crippen LogP) is 1.68. The van der Waals surface area contributed by atoms with Gasteiger partial charge in [-0.05, 0) is 31.9 Å². The molecule has 1 fully saturated rings. The molecule has 1 aliphatic rings. The molecule has 0 spiro atoms. The molecular weight excluding hydrogens is 354 g/mol. The molecule has 2 rings (SSSR count). The van der Waals surface area contributed by atoms with Gasteiger partial charge in [-0.25, -0.2) is 4.79 Å². The summed E-state index contributed by atoms with van der Waals surface area (Å²) < 4.78 is 4.93. The number of hydrogen-bond acceptors (Lipinski definition) is 6. The van der Waals surface area contributed by atoms with Crippen LogP contribution in [0.5, 0.6) is 0 Å². The zero-order valence-electron chi connectivity index (χ0n) is 15.6. The zero-order valence-corrected chi connectivity index (χ0v) is 15.6. The number of carbonyl (C=O) groups is 3. The number of benzene rings is 1. The van der Waals surface area contributed by atoms with Gasteiger partial charge in [0.25, 0.3) is 0 Å². The van der Waals surface area contributed by atoms with Crippen LogP contribution in [0.4, 0.5) is 0 Å². The number of ether oxygens (including phenoxy) is 1. The van der Waals surface area contributed by atoms with E-state index in [0.29, 0.717) is 0 Å². The molecule has 1 aliphatic heterocycles. The Morgan fingerprint density at radius 3 is 2.30 bits per heavy atom. The number of carboxylic acid groups (broad SMARTS) is 2. The normalized spacial score (nSPS) is 19.1. The van der Waals surface area contributed by atoms with Crippen molar-refractivity contribution in [3.05, 3.63) is 35.9 Å². The topological polar surface area (TPSA) is 124 Å². The number of likely N-dealkylation sites (tertiary alicyclic amines) is 1. The van der Waals surface area contributed by atoms with Gasteiger partial charge < -0.3 is 20.1 Å². The number of nitrogens with zero attached hydrogens (tertiary/aromatic N) is 1. The average Bonchev–Trinajstić information content (AvgIpc) is 2.67. The van der Waals surface area contributed by atoms with Gasteiger partial charge in [-0.2, -0.15) is 0 Å². The van der Waals surface area contributed by atoms with E-state index < -0.39 is 24.5 Å². The smallest absolute Gasteiger partial charge is 0.333 e. The minimum atomic E-state index is -1.79. The first-order chi connectivity index (χ1) is 12.8. The molecule has 8 nitrogen and oxygen atoms in total. The van der Waals surface area contributed by atoms with Crippen LogP contribution in [-0.4, -0.2) is 63.9 Å². The van der Waals surface area contributed by atoms with Crippen molar-refractivity contribution in [2.75, 3.05) is 13.7 Å². The predicted molar refractivity (Wildman–Crippen MR) is 97.1 cm³/mol. The average molecular weight is 381 g/mol. The van der Waals surface area contributed by atoms with Crippen molar-refractivity contribution in [1.29, 1.82) is 0 Å². The summed E-state index contributed by atoms with van der Waals surface area (Å²) in [7, 11) is 1.47. The number of aliphatic carboxylic acids is 2. The second-order valence-corrected chi connectivity index (χ2v) is 6.31. The Hall–Kier alpha value is -2.45. The Balaban J connectivity index is 0.000000345. The van der Waals surface area contributed by atoms with Crippen LogP contribution in [0.1, 0.15) is 44.2 Å². The van der Waals surface area contributed by atoms with Gasteiger partial charge in [0.05, 0.1) is 13.5 Å². The van der Waals surface area contributed by atoms with Gasteiger partial charge in [-0.1, -0.05) is 36.8 Å². The molecule has 0 aromatic heterocycles. The first kappa shape index (κ1) is 22.6. The minimum absolute atomic E-state index is 0.0843. The molecule has 8 heteroatoms. The van der Waals surface area contributed by atoms with E-state index in [4.69, 9.17) is 20.1 Å². The first-order valence-corrected chi connectivity index (χ1v) is 8.79. The summed E-state index contributed by atoms with van der Waals surface area (Å²) in [6.07, 6.45) is 0.629. The minimum Gasteiger partial charge on any atom is -0.481 e. The van der Waals surface area contributed by atoms with E-state index in [-0.39, 0.29) is 18.1 Å². The number of carboxylic acids is 2. The Labute approximate surface area is 158 Å². The van der Waals surface area contributed by atoms with Gasteiger partial charge >= 0.3 is 17.9 Å². The fourth-order valence-electron chi connectivity index (χ4n) is 2.98. The molecule has 0 radical (unpaired) electrons. The summed E-state index contributed by atoms with van der Waals surface area (Å²) in [5.41, 5.74) is 1.26. The van der Waals surface area contributed by atoms with Crippen molar-refractivity contribution in [1.82, 2.24) is 4.90 Å². The van der Waals surface area contributed by atoms with Crippen molar-refractivity contribution in [2.24, 2.45) is 0 Å². The van der Waals surface area contributed by atoms with Gasteiger partial charge in [0.1, 0.15) is 6.04 Å². The maximum Gasteiger partial charge on any atom is 0.333 e. The maximum absolute atomic E-state index is 11.8. The quantitative estimate of drug-likeness (QED) is 0.636. The molecule has 3 unspecified atom stereocenters. The van der Waals surface area contributed by atoms with Gasteiger partial charge in [0.15, 0.2) is 6.10 Å². The highest BCUT2D eigenvalue weighted by Gasteiger charge is 2.32. The molecule has 3 atom stereocenters. The molecule has 1 saturated heterocycles. The monoisotopic (exact) mass is 381 g/mol. The van der Waals surface area contributed by atoms with Crippen LogP contribution < -0.4 is 0 Å². The van der Waals surface area contributed by atoms with Crippen molar-refractivity contribution in [3.63, 3.8) is 0 Å². The van der Waals surface area contributed by atoms with Gasteiger partial charge in [0.2, 0.25) is 0 Å². The Morgan fingerprint density at radius 2 is 1.81 bits per heavy atom. The standard InChI is InChI=1S/C15H21NO2.C4H6O5/c1-12(13-8-4-3-5-9-13)16-11-7-6-10-14(16)15(17)18-2;5-2(4(8)9)1-3(6)7/h3-5,8-9,12,14H,6-7,10-11H2,1-2H3;2,5H,1H2,(H,6,7)(H,8,9). The highest BCUT2D eigenvalue weighted by atomic mass is 16.5. The van der Waals surface area contributed by atoms with Crippen LogP contribution in [0, 0.1) is 0 Å². The summed E-state index contributed by atoms with van der Waals surface area (Å²) in [6.45, 7) is 3.13. The number of hydrogen-bond donors (Lipinski definition) is 3. The molecule has 1 aromatic rings. The van der Waals surface area contributed by atoms with E-state index in [1.807, 2.05) is 18.2 Å². The molecule has 150 valence electrons. The van der Waals surface area contributed by atoms with Crippen LogP contribution in [0.2, 0.25) is 0 Å². The Bertz CT molecular complexity index is 620. The molecule has 27 heavy (non-hydrogen) atoms. The zero-order chi connectivity index (χ0) is 20.4. The van der Waals surface area contributed by atoms with Crippen LogP contribution in [0.3, 0.4) is 0 Å². The van der Waals surface area contributed by atoms with Crippen LogP contribution in [-0.2, 0) is 19.1 Å². The third kappa shape index (κ3) is 7.36. The van der Waals surface area contributed by atoms with Crippen molar-refractivity contribution in [3.8, 4) is 0 Å². The molecule has 1 aromatic carbocycles. The molecule has 0 aliphatic carbocycles. The lowest BCUT2D eigenvalue weighted by atomic mass is 9.97. The number of esters is 1. The molecule has 1 heterocycles. The summed E-state index contributed by atoms with van der Waals surface area (Å²) in [5, 5.41) is 24.1. The molecule has 0 saturated carbocycles. The van der Waals surface area contributed by atoms with Gasteiger partial charge in [0, 0.05) is 6.04 Å². The van der Waals surface area contributed by atoms with Crippen molar-refractivity contribution in [2.45, 2.75) is 50.8 Å². The van der Waals surface area contributed by atoms with E-state index in [1.165, 1.54) is 12.7 Å². The number of rotatable bonds is 6. The number of methoxy groups -OCH3 is 1. The summed E-state index contributed by atoms with van der Waals surface area (Å²) >= 11 is 0. The van der Waals surface area contributed by atoms with E-state index in [9.17, 15) is 14.4 Å². The molecule has 0 bridgehead atoms. The largest absolute Gasteiger partial charge is 0.481 e. The third-order valence-electron chi connectivity index (χ3n) is 4.45. The lowest BCUT2D eigenvalue weighted by Crippen LogP contribution is -2.46. The molecule has 0 amide bonds. The van der Waals surface area contributed by atoms with E-state index >= 15 is 0 Å². The van der Waals surface area contributed by atoms with Gasteiger partial charge in [-0.3, -0.25) is 14.5 Å². The number of aliphatic hydroxyl groups excluding tert-OH is 1. The lowest BCUT2D eigenvalue weighted by Gasteiger charge is -2.38. The Kier molecular flexibility index (Phi) is 9.46. The van der Waals surface area contributed by atoms with E-state index in [1.54, 1.807) is 0 Å². The SMILES string of the molecule is COC(=O)C1CCCCN1C(C)c1ccccc1.O=C(O)CC(O)C(=O)O. The van der Waals surface area contributed by atoms with Crippen molar-refractivity contribution >= 4 is 17.9 Å². The molecule has 3 N–H and O–H groups in total. The third-order valence-corrected chi connectivity index (χ3v) is 4.45. The van der Waals surface area contributed by atoms with E-state index in [0.717, 1.165) is 25.8 Å². The summed E-state index contributed by atoms with van der Waals surface area (Å²) in [5.74, 6) is -2.94. The Morgan fingerprint density at radius 1 is 1.19 bits per heavy atom. The highest BCUT2D eigenvalue weighted by molar-refractivity contribution is 5.79. The lowest BCUT2D eigenvalue weighted by molar-refractivity contribution is -0.152. The van der Waals surface area contributed by atoms with Gasteiger partial charge in [-0.15, -0.1) is 0 Å². The summed E-state index contributed by atoms with van der Waals surface area (Å²) in [6, 6.07) is 10.5. The van der Waals surface area contributed by atoms with Crippen LogP contribution in [0.25, 0.3) is 0 Å². The second-order valence-electron chi connectivity index (χ2n) is 6.31. The highest BCUT2D eigenvalue weighted by Crippen LogP contribution is 2.28. The first-order valence-electron chi connectivity index (χ1n) is 8.79. The number of aliphatic hydroxyl groups is 1. The van der Waals surface area contributed by atoms with Crippen LogP contribution in [0.15, 0.2) is 30.3 Å². The second kappa shape index (κ2) is 11.3. The number of piperidine rings is 1. The van der Waals surface area contributed by atoms with E-state index in [2.05, 4.69) is 24.0 Å². The van der Waals surface area contributed by atoms with Crippen LogP contribution >= 0.6 is 0 Å². The maximum atomic E-state index is 11.8.